The monoisotopic (exact) mass is 331 g/mol. The van der Waals surface area contributed by atoms with Gasteiger partial charge in [0, 0.05) is 17.3 Å². The number of hydrogen-bond acceptors (Lipinski definition) is 3. The molecule has 0 radical (unpaired) electrons. The zero-order valence-corrected chi connectivity index (χ0v) is 14.4. The summed E-state index contributed by atoms with van der Waals surface area (Å²) in [7, 11) is 0. The van der Waals surface area contributed by atoms with Gasteiger partial charge >= 0.3 is 0 Å². The van der Waals surface area contributed by atoms with Gasteiger partial charge in [0.15, 0.2) is 0 Å². The van der Waals surface area contributed by atoms with Crippen molar-refractivity contribution in [3.63, 3.8) is 0 Å². The van der Waals surface area contributed by atoms with Crippen LogP contribution in [0.15, 0.2) is 72.0 Å². The number of rotatable bonds is 5. The molecule has 0 bridgehead atoms. The third kappa shape index (κ3) is 3.86. The average molecular weight is 331 g/mol. The maximum absolute atomic E-state index is 8.86. The molecule has 0 aliphatic heterocycles. The van der Waals surface area contributed by atoms with Gasteiger partial charge < -0.3 is 5.21 Å². The molecule has 0 aliphatic rings. The first-order valence-corrected chi connectivity index (χ1v) is 8.32. The molecular formula is C21H21N3O. The number of para-hydroxylation sites is 1. The summed E-state index contributed by atoms with van der Waals surface area (Å²) in [4.78, 5) is 0. The van der Waals surface area contributed by atoms with Gasteiger partial charge in [0.2, 0.25) is 0 Å². The Labute approximate surface area is 147 Å². The van der Waals surface area contributed by atoms with Crippen molar-refractivity contribution in [1.82, 2.24) is 9.78 Å². The van der Waals surface area contributed by atoms with Crippen LogP contribution in [0, 0.1) is 0 Å². The number of aromatic nitrogens is 2. The molecule has 25 heavy (non-hydrogen) atoms. The first kappa shape index (κ1) is 16.7. The second kappa shape index (κ2) is 7.62. The summed E-state index contributed by atoms with van der Waals surface area (Å²) >= 11 is 0. The Kier molecular flexibility index (Phi) is 5.09. The van der Waals surface area contributed by atoms with Gasteiger partial charge in [0.05, 0.1) is 17.1 Å². The van der Waals surface area contributed by atoms with Crippen LogP contribution in [0.5, 0.6) is 0 Å². The van der Waals surface area contributed by atoms with Crippen LogP contribution >= 0.6 is 0 Å². The molecule has 0 aliphatic carbocycles. The van der Waals surface area contributed by atoms with E-state index in [2.05, 4.69) is 36.3 Å². The highest BCUT2D eigenvalue weighted by atomic mass is 16.4. The van der Waals surface area contributed by atoms with E-state index < -0.39 is 0 Å². The van der Waals surface area contributed by atoms with E-state index >= 15 is 0 Å². The molecule has 0 unspecified atom stereocenters. The van der Waals surface area contributed by atoms with Crippen LogP contribution in [0.1, 0.15) is 25.0 Å². The van der Waals surface area contributed by atoms with Crippen molar-refractivity contribution in [3.8, 4) is 16.9 Å². The normalized spacial score (nSPS) is 12.0. The van der Waals surface area contributed by atoms with Crippen molar-refractivity contribution in [2.45, 2.75) is 20.3 Å². The predicted octanol–water partition coefficient (Wildman–Crippen LogP) is 4.97. The van der Waals surface area contributed by atoms with E-state index in [1.54, 1.807) is 13.0 Å². The lowest BCUT2D eigenvalue weighted by Crippen LogP contribution is -1.94. The van der Waals surface area contributed by atoms with Crippen molar-refractivity contribution < 1.29 is 5.21 Å². The highest BCUT2D eigenvalue weighted by Gasteiger charge is 2.10. The van der Waals surface area contributed by atoms with Gasteiger partial charge in [0.25, 0.3) is 0 Å². The van der Waals surface area contributed by atoms with Gasteiger partial charge in [0.1, 0.15) is 0 Å². The van der Waals surface area contributed by atoms with Crippen LogP contribution in [-0.4, -0.2) is 20.7 Å². The smallest absolute Gasteiger partial charge is 0.0999 e. The molecule has 3 rings (SSSR count). The molecule has 0 spiro atoms. The summed E-state index contributed by atoms with van der Waals surface area (Å²) in [5.41, 5.74) is 5.77. The molecule has 0 atom stereocenters. The van der Waals surface area contributed by atoms with Crippen molar-refractivity contribution in [3.05, 3.63) is 78.0 Å². The lowest BCUT2D eigenvalue weighted by Gasteiger charge is -2.02. The Morgan fingerprint density at radius 2 is 1.84 bits per heavy atom. The summed E-state index contributed by atoms with van der Waals surface area (Å²) in [6.07, 6.45) is 6.69. The maximum atomic E-state index is 8.86. The number of allylic oxidation sites excluding steroid dienone is 1. The fourth-order valence-electron chi connectivity index (χ4n) is 2.59. The summed E-state index contributed by atoms with van der Waals surface area (Å²) in [5, 5.41) is 16.8. The van der Waals surface area contributed by atoms with E-state index in [0.29, 0.717) is 5.71 Å². The zero-order chi connectivity index (χ0) is 17.6. The predicted molar refractivity (Wildman–Crippen MR) is 102 cm³/mol. The fraction of sp³-hybridized carbons (Fsp3) is 0.143. The van der Waals surface area contributed by atoms with Gasteiger partial charge in [-0.2, -0.15) is 5.10 Å². The minimum Gasteiger partial charge on any atom is -0.411 e. The molecule has 0 saturated carbocycles. The van der Waals surface area contributed by atoms with Gasteiger partial charge in [-0.25, -0.2) is 4.68 Å². The second-order valence-corrected chi connectivity index (χ2v) is 5.84. The van der Waals surface area contributed by atoms with Crippen LogP contribution < -0.4 is 0 Å². The first-order valence-electron chi connectivity index (χ1n) is 8.32. The molecular weight excluding hydrogens is 310 g/mol. The van der Waals surface area contributed by atoms with Crippen molar-refractivity contribution in [1.29, 1.82) is 0 Å². The molecule has 3 aromatic rings. The zero-order valence-electron chi connectivity index (χ0n) is 14.4. The average Bonchev–Trinajstić information content (AvgIpc) is 3.11. The van der Waals surface area contributed by atoms with Crippen molar-refractivity contribution in [2.75, 3.05) is 0 Å². The second-order valence-electron chi connectivity index (χ2n) is 5.84. The number of nitrogens with zero attached hydrogens (tertiary/aromatic N) is 3. The van der Waals surface area contributed by atoms with E-state index in [0.717, 1.165) is 28.9 Å². The Hall–Kier alpha value is -3.14. The van der Waals surface area contributed by atoms with E-state index in [1.165, 1.54) is 5.56 Å². The Balaban J connectivity index is 2.07. The molecule has 0 amide bonds. The van der Waals surface area contributed by atoms with Crippen LogP contribution in [-0.2, 0) is 6.42 Å². The SMILES string of the molecule is CCc1ccc(-c2nn(-c3ccccc3)cc2C=CC(C)=NO)cc1. The third-order valence-corrected chi connectivity index (χ3v) is 4.06. The van der Waals surface area contributed by atoms with E-state index in [-0.39, 0.29) is 0 Å². The van der Waals surface area contributed by atoms with Gasteiger partial charge in [-0.15, -0.1) is 0 Å². The van der Waals surface area contributed by atoms with Crippen LogP contribution in [0.25, 0.3) is 23.0 Å². The van der Waals surface area contributed by atoms with Crippen LogP contribution in [0.4, 0.5) is 0 Å². The van der Waals surface area contributed by atoms with Crippen molar-refractivity contribution >= 4 is 11.8 Å². The number of benzene rings is 2. The standard InChI is InChI=1S/C21H21N3O/c1-3-17-10-13-18(14-11-17)21-19(12-9-16(2)23-25)15-24(22-21)20-7-5-4-6-8-20/h4-15,25H,3H2,1-2H3. The summed E-state index contributed by atoms with van der Waals surface area (Å²) in [5.74, 6) is 0. The van der Waals surface area contributed by atoms with E-state index in [9.17, 15) is 0 Å². The maximum Gasteiger partial charge on any atom is 0.0999 e. The summed E-state index contributed by atoms with van der Waals surface area (Å²) < 4.78 is 1.87. The Morgan fingerprint density at radius 3 is 2.48 bits per heavy atom. The lowest BCUT2D eigenvalue weighted by atomic mass is 10.0. The van der Waals surface area contributed by atoms with Gasteiger partial charge in [-0.05, 0) is 43.2 Å². The molecule has 1 heterocycles. The molecule has 4 nitrogen and oxygen atoms in total. The molecule has 1 aromatic heterocycles. The first-order chi connectivity index (χ1) is 12.2. The Bertz CT molecular complexity index is 891. The van der Waals surface area contributed by atoms with Gasteiger partial charge in [-0.1, -0.05) is 54.5 Å². The van der Waals surface area contributed by atoms with E-state index in [1.807, 2.05) is 47.3 Å². The van der Waals surface area contributed by atoms with Crippen LogP contribution in [0.2, 0.25) is 0 Å². The molecule has 0 fully saturated rings. The van der Waals surface area contributed by atoms with Crippen molar-refractivity contribution in [2.24, 2.45) is 5.16 Å². The minimum atomic E-state index is 0.541. The van der Waals surface area contributed by atoms with Crippen LogP contribution in [0.3, 0.4) is 0 Å². The fourth-order valence-corrected chi connectivity index (χ4v) is 2.59. The largest absolute Gasteiger partial charge is 0.411 e. The van der Waals surface area contributed by atoms with Gasteiger partial charge in [-0.3, -0.25) is 0 Å². The topological polar surface area (TPSA) is 50.4 Å². The summed E-state index contributed by atoms with van der Waals surface area (Å²) in [6, 6.07) is 18.5. The van der Waals surface area contributed by atoms with E-state index in [4.69, 9.17) is 10.3 Å². The molecule has 126 valence electrons. The lowest BCUT2D eigenvalue weighted by molar-refractivity contribution is 0.319. The molecule has 0 saturated heterocycles. The number of oxime groups is 1. The molecule has 4 heteroatoms. The Morgan fingerprint density at radius 1 is 1.12 bits per heavy atom. The third-order valence-electron chi connectivity index (χ3n) is 4.06. The quantitative estimate of drug-likeness (QED) is 0.408. The number of hydrogen-bond donors (Lipinski definition) is 1. The number of aryl methyl sites for hydroxylation is 1. The summed E-state index contributed by atoms with van der Waals surface area (Å²) in [6.45, 7) is 3.89. The molecule has 1 N–H and O–H groups in total. The molecule has 2 aromatic carbocycles. The minimum absolute atomic E-state index is 0.541. The highest BCUT2D eigenvalue weighted by molar-refractivity contribution is 5.96. The highest BCUT2D eigenvalue weighted by Crippen LogP contribution is 2.25.